The van der Waals surface area contributed by atoms with E-state index in [1.165, 1.54) is 18.4 Å². The monoisotopic (exact) mass is 360 g/mol. The van der Waals surface area contributed by atoms with Crippen molar-refractivity contribution in [3.8, 4) is 5.75 Å². The van der Waals surface area contributed by atoms with E-state index in [-0.39, 0.29) is 5.78 Å². The third kappa shape index (κ3) is 4.70. The molecule has 0 heterocycles. The topological polar surface area (TPSA) is 26.3 Å². The summed E-state index contributed by atoms with van der Waals surface area (Å²) < 4.78 is 5.49. The number of carbonyl (C=O) groups is 1. The van der Waals surface area contributed by atoms with Crippen molar-refractivity contribution in [3.05, 3.63) is 65.2 Å². The van der Waals surface area contributed by atoms with Gasteiger partial charge < -0.3 is 4.74 Å². The summed E-state index contributed by atoms with van der Waals surface area (Å²) in [6.45, 7) is 2.80. The van der Waals surface area contributed by atoms with Gasteiger partial charge in [0.25, 0.3) is 0 Å². The van der Waals surface area contributed by atoms with Gasteiger partial charge in [0.15, 0.2) is 5.78 Å². The highest BCUT2D eigenvalue weighted by atomic mass is 79.9. The number of ether oxygens (including phenoxy) is 1. The first-order valence-electron chi connectivity index (χ1n) is 7.67. The van der Waals surface area contributed by atoms with Crippen LogP contribution in [0.2, 0.25) is 0 Å². The van der Waals surface area contributed by atoms with Crippen LogP contribution in [0.4, 0.5) is 0 Å². The van der Waals surface area contributed by atoms with Crippen LogP contribution in [0, 0.1) is 0 Å². The Labute approximate surface area is 140 Å². The second kappa shape index (κ2) is 8.74. The summed E-state index contributed by atoms with van der Waals surface area (Å²) >= 11 is 3.32. The molecule has 0 aliphatic rings. The number of alkyl halides is 1. The van der Waals surface area contributed by atoms with Crippen LogP contribution in [0.25, 0.3) is 0 Å². The molecule has 22 heavy (non-hydrogen) atoms. The lowest BCUT2D eigenvalue weighted by Gasteiger charge is -2.06. The maximum Gasteiger partial charge on any atom is 0.193 e. The Kier molecular flexibility index (Phi) is 6.66. The summed E-state index contributed by atoms with van der Waals surface area (Å²) in [4.78, 5) is 12.4. The quantitative estimate of drug-likeness (QED) is 0.487. The zero-order valence-electron chi connectivity index (χ0n) is 12.8. The van der Waals surface area contributed by atoms with Gasteiger partial charge in [0.05, 0.1) is 6.61 Å². The second-order valence-corrected chi connectivity index (χ2v) is 5.98. The van der Waals surface area contributed by atoms with Gasteiger partial charge in [-0.25, -0.2) is 0 Å². The van der Waals surface area contributed by atoms with Crippen LogP contribution < -0.4 is 4.74 Å². The van der Waals surface area contributed by atoms with Gasteiger partial charge in [-0.2, -0.15) is 0 Å². The Morgan fingerprint density at radius 3 is 2.14 bits per heavy atom. The Morgan fingerprint density at radius 2 is 1.59 bits per heavy atom. The SMILES string of the molecule is CCCCc1ccc(C(=O)c2ccc(OCCBr)cc2)cc1. The molecule has 0 spiro atoms. The minimum Gasteiger partial charge on any atom is -0.493 e. The van der Waals surface area contributed by atoms with Gasteiger partial charge in [-0.1, -0.05) is 53.5 Å². The first-order chi connectivity index (χ1) is 10.7. The molecular weight excluding hydrogens is 340 g/mol. The van der Waals surface area contributed by atoms with Gasteiger partial charge in [0.1, 0.15) is 5.75 Å². The van der Waals surface area contributed by atoms with E-state index in [2.05, 4.69) is 35.0 Å². The van der Waals surface area contributed by atoms with Crippen LogP contribution in [-0.2, 0) is 6.42 Å². The van der Waals surface area contributed by atoms with Crippen LogP contribution >= 0.6 is 15.9 Å². The molecule has 0 radical (unpaired) electrons. The lowest BCUT2D eigenvalue weighted by atomic mass is 10.0. The lowest BCUT2D eigenvalue weighted by molar-refractivity contribution is 0.103. The van der Waals surface area contributed by atoms with Crippen LogP contribution in [-0.4, -0.2) is 17.7 Å². The normalized spacial score (nSPS) is 10.5. The van der Waals surface area contributed by atoms with E-state index in [1.54, 1.807) is 0 Å². The third-order valence-electron chi connectivity index (χ3n) is 3.50. The van der Waals surface area contributed by atoms with Gasteiger partial charge in [-0.05, 0) is 42.7 Å². The molecule has 0 aliphatic carbocycles. The van der Waals surface area contributed by atoms with E-state index < -0.39 is 0 Å². The number of hydrogen-bond acceptors (Lipinski definition) is 2. The Hall–Kier alpha value is -1.61. The number of ketones is 1. The Balaban J connectivity index is 2.04. The molecule has 0 aliphatic heterocycles. The number of hydrogen-bond donors (Lipinski definition) is 0. The van der Waals surface area contributed by atoms with Crippen molar-refractivity contribution in [2.24, 2.45) is 0 Å². The van der Waals surface area contributed by atoms with E-state index in [1.807, 2.05) is 36.4 Å². The number of aryl methyl sites for hydroxylation is 1. The summed E-state index contributed by atoms with van der Waals surface area (Å²) in [7, 11) is 0. The standard InChI is InChI=1S/C19H21BrO2/c1-2-3-4-15-5-7-16(8-6-15)19(21)17-9-11-18(12-10-17)22-14-13-20/h5-12H,2-4,13-14H2,1H3. The van der Waals surface area contributed by atoms with Crippen molar-refractivity contribution in [2.45, 2.75) is 26.2 Å². The molecule has 2 aromatic rings. The first-order valence-corrected chi connectivity index (χ1v) is 8.79. The molecule has 2 aromatic carbocycles. The predicted molar refractivity (Wildman–Crippen MR) is 94.2 cm³/mol. The highest BCUT2D eigenvalue weighted by molar-refractivity contribution is 9.09. The van der Waals surface area contributed by atoms with Crippen molar-refractivity contribution in [1.82, 2.24) is 0 Å². The molecule has 0 saturated carbocycles. The first kappa shape index (κ1) is 16.8. The van der Waals surface area contributed by atoms with Gasteiger partial charge in [-0.3, -0.25) is 4.79 Å². The zero-order valence-corrected chi connectivity index (χ0v) is 14.4. The van der Waals surface area contributed by atoms with E-state index in [9.17, 15) is 4.79 Å². The maximum absolute atomic E-state index is 12.4. The van der Waals surface area contributed by atoms with Crippen molar-refractivity contribution in [3.63, 3.8) is 0 Å². The van der Waals surface area contributed by atoms with Gasteiger partial charge in [0.2, 0.25) is 0 Å². The molecule has 0 amide bonds. The average Bonchev–Trinajstić information content (AvgIpc) is 2.58. The van der Waals surface area contributed by atoms with Crippen molar-refractivity contribution in [1.29, 1.82) is 0 Å². The summed E-state index contributed by atoms with van der Waals surface area (Å²) in [5, 5.41) is 0.790. The molecule has 0 aromatic heterocycles. The maximum atomic E-state index is 12.4. The fourth-order valence-corrected chi connectivity index (χ4v) is 2.39. The third-order valence-corrected chi connectivity index (χ3v) is 3.82. The number of benzene rings is 2. The molecule has 0 fully saturated rings. The van der Waals surface area contributed by atoms with E-state index in [0.29, 0.717) is 12.2 Å². The smallest absolute Gasteiger partial charge is 0.193 e. The molecule has 0 bridgehead atoms. The molecule has 0 saturated heterocycles. The molecular formula is C19H21BrO2. The summed E-state index contributed by atoms with van der Waals surface area (Å²) in [6, 6.07) is 15.3. The van der Waals surface area contributed by atoms with Gasteiger partial charge >= 0.3 is 0 Å². The summed E-state index contributed by atoms with van der Waals surface area (Å²) in [5.74, 6) is 0.833. The Morgan fingerprint density at radius 1 is 1.00 bits per heavy atom. The fourth-order valence-electron chi connectivity index (χ4n) is 2.23. The van der Waals surface area contributed by atoms with Crippen LogP contribution in [0.3, 0.4) is 0 Å². The molecule has 3 heteroatoms. The number of carbonyl (C=O) groups excluding carboxylic acids is 1. The van der Waals surface area contributed by atoms with E-state index in [4.69, 9.17) is 4.74 Å². The average molecular weight is 361 g/mol. The molecule has 0 N–H and O–H groups in total. The fraction of sp³-hybridized carbons (Fsp3) is 0.316. The largest absolute Gasteiger partial charge is 0.493 e. The minimum atomic E-state index is 0.0501. The highest BCUT2D eigenvalue weighted by Crippen LogP contribution is 2.16. The minimum absolute atomic E-state index is 0.0501. The molecule has 2 rings (SSSR count). The lowest BCUT2D eigenvalue weighted by Crippen LogP contribution is -2.02. The van der Waals surface area contributed by atoms with Gasteiger partial charge in [-0.15, -0.1) is 0 Å². The summed E-state index contributed by atoms with van der Waals surface area (Å²) in [5.41, 5.74) is 2.71. The predicted octanol–water partition coefficient (Wildman–Crippen LogP) is 5.03. The zero-order chi connectivity index (χ0) is 15.8. The van der Waals surface area contributed by atoms with Crippen LogP contribution in [0.5, 0.6) is 5.75 Å². The number of unbranched alkanes of at least 4 members (excludes halogenated alkanes) is 1. The number of rotatable bonds is 8. The van der Waals surface area contributed by atoms with Crippen LogP contribution in [0.1, 0.15) is 41.3 Å². The van der Waals surface area contributed by atoms with Crippen molar-refractivity contribution in [2.75, 3.05) is 11.9 Å². The van der Waals surface area contributed by atoms with Crippen molar-refractivity contribution >= 4 is 21.7 Å². The van der Waals surface area contributed by atoms with Gasteiger partial charge in [0, 0.05) is 16.5 Å². The second-order valence-electron chi connectivity index (χ2n) is 5.19. The van der Waals surface area contributed by atoms with Crippen LogP contribution in [0.15, 0.2) is 48.5 Å². The van der Waals surface area contributed by atoms with E-state index >= 15 is 0 Å². The molecule has 2 nitrogen and oxygen atoms in total. The number of halogens is 1. The molecule has 116 valence electrons. The summed E-state index contributed by atoms with van der Waals surface area (Å²) in [6.07, 6.45) is 3.44. The van der Waals surface area contributed by atoms with Crippen molar-refractivity contribution < 1.29 is 9.53 Å². The van der Waals surface area contributed by atoms with E-state index in [0.717, 1.165) is 23.1 Å². The Bertz CT molecular complexity index is 534. The molecule has 0 atom stereocenters. The highest BCUT2D eigenvalue weighted by Gasteiger charge is 2.09. The molecule has 0 unspecified atom stereocenters.